The lowest BCUT2D eigenvalue weighted by Gasteiger charge is -2.29. The van der Waals surface area contributed by atoms with Crippen LogP contribution in [-0.4, -0.2) is 25.2 Å². The Hall–Kier alpha value is -1.36. The summed E-state index contributed by atoms with van der Waals surface area (Å²) < 4.78 is 11.2. The van der Waals surface area contributed by atoms with E-state index in [4.69, 9.17) is 9.47 Å². The molecule has 5 heteroatoms. The highest BCUT2D eigenvalue weighted by atomic mass is 79.9. The molecule has 0 atom stereocenters. The molecule has 0 saturated heterocycles. The van der Waals surface area contributed by atoms with Gasteiger partial charge in [0.2, 0.25) is 0 Å². The Morgan fingerprint density at radius 1 is 1.00 bits per heavy atom. The van der Waals surface area contributed by atoms with Crippen molar-refractivity contribution in [2.75, 3.05) is 13.2 Å². The zero-order valence-corrected chi connectivity index (χ0v) is 14.2. The van der Waals surface area contributed by atoms with Crippen LogP contribution in [0.3, 0.4) is 0 Å². The first-order chi connectivity index (χ1) is 10.0. The molecule has 0 aromatic heterocycles. The third-order valence-electron chi connectivity index (χ3n) is 3.21. The van der Waals surface area contributed by atoms with Gasteiger partial charge < -0.3 is 9.47 Å². The molecule has 116 valence electrons. The van der Waals surface area contributed by atoms with Crippen LogP contribution in [0.15, 0.2) is 28.7 Å². The predicted octanol–water partition coefficient (Wildman–Crippen LogP) is 3.61. The summed E-state index contributed by atoms with van der Waals surface area (Å²) in [6, 6.07) is 7.12. The number of hydrogen-bond acceptors (Lipinski definition) is 4. The minimum Gasteiger partial charge on any atom is -0.465 e. The van der Waals surface area contributed by atoms with Crippen LogP contribution in [-0.2, 0) is 24.5 Å². The molecule has 0 bridgehead atoms. The van der Waals surface area contributed by atoms with E-state index in [0.29, 0.717) is 18.4 Å². The molecule has 0 unspecified atom stereocenters. The second-order valence-electron chi connectivity index (χ2n) is 4.60. The molecule has 1 aromatic carbocycles. The van der Waals surface area contributed by atoms with E-state index in [1.165, 1.54) is 0 Å². The first kappa shape index (κ1) is 17.7. The summed E-state index contributed by atoms with van der Waals surface area (Å²) in [5, 5.41) is 0. The van der Waals surface area contributed by atoms with E-state index in [9.17, 15) is 9.59 Å². The largest absolute Gasteiger partial charge is 0.465 e. The highest BCUT2D eigenvalue weighted by Gasteiger charge is 2.49. The molecule has 0 aliphatic carbocycles. The number of halogens is 1. The number of carbonyl (C=O) groups is 2. The number of hydrogen-bond donors (Lipinski definition) is 0. The topological polar surface area (TPSA) is 52.6 Å². The molecule has 21 heavy (non-hydrogen) atoms. The zero-order chi connectivity index (χ0) is 15.9. The molecule has 0 heterocycles. The van der Waals surface area contributed by atoms with E-state index in [0.717, 1.165) is 4.47 Å². The molecule has 1 aromatic rings. The average Bonchev–Trinajstić information content (AvgIpc) is 2.46. The maximum absolute atomic E-state index is 12.5. The van der Waals surface area contributed by atoms with E-state index in [1.807, 2.05) is 6.92 Å². The van der Waals surface area contributed by atoms with E-state index >= 15 is 0 Å². The number of rotatable bonds is 7. The van der Waals surface area contributed by atoms with Gasteiger partial charge in [-0.1, -0.05) is 41.4 Å². The summed E-state index contributed by atoms with van der Waals surface area (Å²) in [4.78, 5) is 25.0. The van der Waals surface area contributed by atoms with Gasteiger partial charge >= 0.3 is 11.9 Å². The maximum Gasteiger partial charge on any atom is 0.328 e. The second kappa shape index (κ2) is 8.17. The second-order valence-corrected chi connectivity index (χ2v) is 5.52. The minimum atomic E-state index is -1.39. The van der Waals surface area contributed by atoms with Gasteiger partial charge in [0.1, 0.15) is 0 Å². The molecule has 1 rings (SSSR count). The Bertz CT molecular complexity index is 464. The fourth-order valence-corrected chi connectivity index (χ4v) is 2.55. The first-order valence-electron chi connectivity index (χ1n) is 7.13. The third kappa shape index (κ3) is 3.84. The molecule has 0 radical (unpaired) electrons. The fourth-order valence-electron chi connectivity index (χ4n) is 2.29. The highest BCUT2D eigenvalue weighted by Crippen LogP contribution is 2.33. The van der Waals surface area contributed by atoms with Gasteiger partial charge in [-0.15, -0.1) is 0 Å². The first-order valence-corrected chi connectivity index (χ1v) is 7.92. The highest BCUT2D eigenvalue weighted by molar-refractivity contribution is 9.10. The lowest BCUT2D eigenvalue weighted by atomic mass is 9.76. The van der Waals surface area contributed by atoms with Crippen molar-refractivity contribution in [3.8, 4) is 0 Å². The molecular weight excluding hydrogens is 336 g/mol. The SMILES string of the molecule is CCCC(C(=O)OCC)(C(=O)OCC)c1ccc(Br)cc1. The van der Waals surface area contributed by atoms with Gasteiger partial charge in [0.05, 0.1) is 13.2 Å². The Balaban J connectivity index is 3.38. The summed E-state index contributed by atoms with van der Waals surface area (Å²) in [5.74, 6) is -1.10. The fraction of sp³-hybridized carbons (Fsp3) is 0.500. The lowest BCUT2D eigenvalue weighted by Crippen LogP contribution is -2.46. The Morgan fingerprint density at radius 2 is 1.48 bits per heavy atom. The van der Waals surface area contributed by atoms with Crippen LogP contribution >= 0.6 is 15.9 Å². The molecule has 0 N–H and O–H groups in total. The van der Waals surface area contributed by atoms with Crippen molar-refractivity contribution in [2.24, 2.45) is 0 Å². The van der Waals surface area contributed by atoms with Crippen LogP contribution in [0.4, 0.5) is 0 Å². The minimum absolute atomic E-state index is 0.222. The van der Waals surface area contributed by atoms with Crippen molar-refractivity contribution in [1.29, 1.82) is 0 Å². The van der Waals surface area contributed by atoms with Gasteiger partial charge in [0.15, 0.2) is 5.41 Å². The van der Waals surface area contributed by atoms with Crippen molar-refractivity contribution in [3.05, 3.63) is 34.3 Å². The Labute approximate surface area is 133 Å². The van der Waals surface area contributed by atoms with Crippen LogP contribution in [0.25, 0.3) is 0 Å². The van der Waals surface area contributed by atoms with Crippen molar-refractivity contribution in [3.63, 3.8) is 0 Å². The van der Waals surface area contributed by atoms with Crippen LogP contribution in [0, 0.1) is 0 Å². The standard InChI is InChI=1S/C16H21BrO4/c1-4-11-16(14(18)20-5-2,15(19)21-6-3)12-7-9-13(17)10-8-12/h7-10H,4-6,11H2,1-3H3. The van der Waals surface area contributed by atoms with Crippen molar-refractivity contribution >= 4 is 27.9 Å². The summed E-state index contributed by atoms with van der Waals surface area (Å²) in [6.45, 7) is 5.81. The number of carbonyl (C=O) groups excluding carboxylic acids is 2. The molecule has 0 aliphatic heterocycles. The summed E-state index contributed by atoms with van der Waals surface area (Å²) in [7, 11) is 0. The van der Waals surface area contributed by atoms with Crippen LogP contribution in [0.2, 0.25) is 0 Å². The van der Waals surface area contributed by atoms with Gasteiger partial charge in [-0.05, 0) is 38.0 Å². The Morgan fingerprint density at radius 3 is 1.86 bits per heavy atom. The number of ether oxygens (including phenoxy) is 2. The van der Waals surface area contributed by atoms with Crippen molar-refractivity contribution < 1.29 is 19.1 Å². The smallest absolute Gasteiger partial charge is 0.328 e. The molecule has 4 nitrogen and oxygen atoms in total. The van der Waals surface area contributed by atoms with E-state index < -0.39 is 17.4 Å². The van der Waals surface area contributed by atoms with Crippen LogP contribution < -0.4 is 0 Å². The Kier molecular flexibility index (Phi) is 6.89. The van der Waals surface area contributed by atoms with Gasteiger partial charge in [-0.25, -0.2) is 0 Å². The molecule has 0 aliphatic rings. The molecule has 0 fully saturated rings. The number of esters is 2. The van der Waals surface area contributed by atoms with Crippen LogP contribution in [0.1, 0.15) is 39.2 Å². The molecule has 0 saturated carbocycles. The summed E-state index contributed by atoms with van der Waals surface area (Å²) in [5.41, 5.74) is -0.786. The van der Waals surface area contributed by atoms with Crippen LogP contribution in [0.5, 0.6) is 0 Å². The van der Waals surface area contributed by atoms with E-state index in [-0.39, 0.29) is 13.2 Å². The van der Waals surface area contributed by atoms with E-state index in [2.05, 4.69) is 15.9 Å². The third-order valence-corrected chi connectivity index (χ3v) is 3.74. The van der Waals surface area contributed by atoms with Gasteiger partial charge in [-0.3, -0.25) is 9.59 Å². The van der Waals surface area contributed by atoms with Gasteiger partial charge in [0.25, 0.3) is 0 Å². The van der Waals surface area contributed by atoms with E-state index in [1.54, 1.807) is 38.1 Å². The number of benzene rings is 1. The monoisotopic (exact) mass is 356 g/mol. The molecular formula is C16H21BrO4. The predicted molar refractivity (Wildman–Crippen MR) is 84.0 cm³/mol. The van der Waals surface area contributed by atoms with Gasteiger partial charge in [0, 0.05) is 4.47 Å². The molecule has 0 amide bonds. The zero-order valence-electron chi connectivity index (χ0n) is 12.6. The lowest BCUT2D eigenvalue weighted by molar-refractivity contribution is -0.165. The summed E-state index contributed by atoms with van der Waals surface area (Å²) in [6.07, 6.45) is 1.01. The summed E-state index contributed by atoms with van der Waals surface area (Å²) >= 11 is 3.35. The quantitative estimate of drug-likeness (QED) is 0.553. The van der Waals surface area contributed by atoms with Crippen molar-refractivity contribution in [1.82, 2.24) is 0 Å². The van der Waals surface area contributed by atoms with Gasteiger partial charge in [-0.2, -0.15) is 0 Å². The average molecular weight is 357 g/mol. The normalized spacial score (nSPS) is 11.0. The van der Waals surface area contributed by atoms with Crippen molar-refractivity contribution in [2.45, 2.75) is 39.0 Å². The molecule has 0 spiro atoms. The maximum atomic E-state index is 12.5.